The molecular formula is C20H23ClN2O6S. The van der Waals surface area contributed by atoms with E-state index in [1.807, 2.05) is 0 Å². The van der Waals surface area contributed by atoms with E-state index < -0.39 is 34.0 Å². The number of ether oxygens (including phenoxy) is 2. The molecule has 0 spiro atoms. The minimum atomic E-state index is -3.86. The summed E-state index contributed by atoms with van der Waals surface area (Å²) in [5.74, 6) is -0.933. The van der Waals surface area contributed by atoms with Gasteiger partial charge >= 0.3 is 11.9 Å². The fraction of sp³-hybridized carbons (Fsp3) is 0.400. The summed E-state index contributed by atoms with van der Waals surface area (Å²) in [4.78, 5) is 23.6. The highest BCUT2D eigenvalue weighted by atomic mass is 35.5. The van der Waals surface area contributed by atoms with Gasteiger partial charge in [-0.3, -0.25) is 9.59 Å². The molecule has 0 unspecified atom stereocenters. The molecule has 2 atom stereocenters. The largest absolute Gasteiger partial charge is 0.469 e. The van der Waals surface area contributed by atoms with Gasteiger partial charge in [0.05, 0.1) is 32.0 Å². The Bertz CT molecular complexity index is 1030. The molecule has 1 saturated heterocycles. The number of nitrogens with one attached hydrogen (secondary N) is 1. The van der Waals surface area contributed by atoms with Crippen molar-refractivity contribution in [2.75, 3.05) is 27.3 Å². The zero-order valence-electron chi connectivity index (χ0n) is 16.6. The first-order chi connectivity index (χ1) is 14.2. The number of esters is 2. The molecule has 0 saturated carbocycles. The predicted octanol–water partition coefficient (Wildman–Crippen LogP) is 1.95. The smallest absolute Gasteiger partial charge is 0.307 e. The lowest BCUT2D eigenvalue weighted by molar-refractivity contribution is -0.141. The second-order valence-electron chi connectivity index (χ2n) is 7.10. The normalized spacial score (nSPS) is 20.1. The summed E-state index contributed by atoms with van der Waals surface area (Å²) in [6.07, 6.45) is -0.0349. The lowest BCUT2D eigenvalue weighted by atomic mass is 10.1. The van der Waals surface area contributed by atoms with Crippen LogP contribution in [0.5, 0.6) is 0 Å². The van der Waals surface area contributed by atoms with Crippen molar-refractivity contribution >= 4 is 44.3 Å². The van der Waals surface area contributed by atoms with Crippen LogP contribution in [0.1, 0.15) is 12.8 Å². The minimum absolute atomic E-state index is 0.0174. The van der Waals surface area contributed by atoms with E-state index in [4.69, 9.17) is 21.1 Å². The van der Waals surface area contributed by atoms with Gasteiger partial charge in [-0.25, -0.2) is 8.42 Å². The zero-order chi connectivity index (χ0) is 21.9. The van der Waals surface area contributed by atoms with Crippen molar-refractivity contribution in [3.8, 4) is 0 Å². The van der Waals surface area contributed by atoms with Crippen LogP contribution in [0.4, 0.5) is 0 Å². The number of methoxy groups -OCH3 is 2. The number of sulfonamides is 1. The second-order valence-corrected chi connectivity index (χ2v) is 9.47. The van der Waals surface area contributed by atoms with Crippen molar-refractivity contribution in [3.05, 3.63) is 41.4 Å². The molecule has 0 amide bonds. The fourth-order valence-electron chi connectivity index (χ4n) is 3.52. The Morgan fingerprint density at radius 3 is 2.10 bits per heavy atom. The average Bonchev–Trinajstić information content (AvgIpc) is 2.72. The highest BCUT2D eigenvalue weighted by Gasteiger charge is 2.36. The number of nitrogens with zero attached hydrogens (tertiary/aromatic N) is 1. The molecule has 0 bridgehead atoms. The molecule has 0 radical (unpaired) electrons. The van der Waals surface area contributed by atoms with Crippen LogP contribution in [0.3, 0.4) is 0 Å². The topological polar surface area (TPSA) is 102 Å². The Morgan fingerprint density at radius 1 is 1.00 bits per heavy atom. The van der Waals surface area contributed by atoms with Crippen molar-refractivity contribution < 1.29 is 27.5 Å². The van der Waals surface area contributed by atoms with Crippen LogP contribution in [0, 0.1) is 0 Å². The van der Waals surface area contributed by atoms with Crippen LogP contribution in [-0.2, 0) is 29.1 Å². The van der Waals surface area contributed by atoms with Gasteiger partial charge in [-0.05, 0) is 35.0 Å². The molecule has 1 aliphatic heterocycles. The first kappa shape index (κ1) is 22.5. The number of carbonyl (C=O) groups excluding carboxylic acids is 2. The van der Waals surface area contributed by atoms with Crippen molar-refractivity contribution in [2.24, 2.45) is 0 Å². The summed E-state index contributed by atoms with van der Waals surface area (Å²) in [6, 6.07) is 9.06. The molecule has 2 aromatic carbocycles. The summed E-state index contributed by atoms with van der Waals surface area (Å²) in [6.45, 7) is 0.154. The van der Waals surface area contributed by atoms with E-state index in [0.717, 1.165) is 10.8 Å². The Hall–Kier alpha value is -2.20. The van der Waals surface area contributed by atoms with E-state index in [2.05, 4.69) is 5.32 Å². The second kappa shape index (κ2) is 9.30. The van der Waals surface area contributed by atoms with Gasteiger partial charge in [0.15, 0.2) is 0 Å². The number of rotatable bonds is 6. The Balaban J connectivity index is 1.90. The molecule has 0 aliphatic carbocycles. The predicted molar refractivity (Wildman–Crippen MR) is 112 cm³/mol. The van der Waals surface area contributed by atoms with Gasteiger partial charge in [0.2, 0.25) is 10.0 Å². The standard InChI is InChI=1S/C20H23ClN2O6S/c1-28-19(24)9-16-11-23(12-17(22-16)10-20(25)29-2)30(26,27)18-6-4-13-7-15(21)5-3-14(13)8-18/h3-8,16-17,22H,9-12H2,1-2H3/t16-,17-/m1/s1. The van der Waals surface area contributed by atoms with Gasteiger partial charge < -0.3 is 14.8 Å². The number of carbonyl (C=O) groups is 2. The van der Waals surface area contributed by atoms with Crippen LogP contribution in [-0.4, -0.2) is 64.1 Å². The van der Waals surface area contributed by atoms with Gasteiger partial charge in [0, 0.05) is 30.2 Å². The minimum Gasteiger partial charge on any atom is -0.469 e. The molecule has 1 fully saturated rings. The van der Waals surface area contributed by atoms with Crippen molar-refractivity contribution in [2.45, 2.75) is 29.8 Å². The molecule has 162 valence electrons. The summed E-state index contributed by atoms with van der Waals surface area (Å²) < 4.78 is 37.4. The molecule has 8 nitrogen and oxygen atoms in total. The summed E-state index contributed by atoms with van der Waals surface area (Å²) in [7, 11) is -1.32. The lowest BCUT2D eigenvalue weighted by Gasteiger charge is -2.37. The van der Waals surface area contributed by atoms with Gasteiger partial charge in [0.1, 0.15) is 0 Å². The van der Waals surface area contributed by atoms with Crippen LogP contribution < -0.4 is 5.32 Å². The van der Waals surface area contributed by atoms with Crippen molar-refractivity contribution in [1.82, 2.24) is 9.62 Å². The molecule has 1 aliphatic rings. The number of hydrogen-bond donors (Lipinski definition) is 1. The first-order valence-electron chi connectivity index (χ1n) is 9.32. The van der Waals surface area contributed by atoms with E-state index >= 15 is 0 Å². The van der Waals surface area contributed by atoms with E-state index in [1.165, 1.54) is 24.6 Å². The average molecular weight is 455 g/mol. The SMILES string of the molecule is COC(=O)C[C@@H]1CN(S(=O)(=O)c2ccc3cc(Cl)ccc3c2)C[C@@H](CC(=O)OC)N1. The quantitative estimate of drug-likeness (QED) is 0.665. The van der Waals surface area contributed by atoms with Crippen LogP contribution in [0.2, 0.25) is 5.02 Å². The third kappa shape index (κ3) is 5.10. The number of piperazine rings is 1. The number of halogens is 1. The van der Waals surface area contributed by atoms with Gasteiger partial charge in [-0.2, -0.15) is 4.31 Å². The molecule has 1 N–H and O–H groups in total. The van der Waals surface area contributed by atoms with Gasteiger partial charge in [0.25, 0.3) is 0 Å². The maximum Gasteiger partial charge on any atom is 0.307 e. The van der Waals surface area contributed by atoms with Crippen molar-refractivity contribution in [1.29, 1.82) is 0 Å². The summed E-state index contributed by atoms with van der Waals surface area (Å²) >= 11 is 6.00. The molecular weight excluding hydrogens is 432 g/mol. The molecule has 3 rings (SSSR count). The maximum atomic E-state index is 13.3. The van der Waals surface area contributed by atoms with Gasteiger partial charge in [-0.15, -0.1) is 0 Å². The van der Waals surface area contributed by atoms with Crippen molar-refractivity contribution in [3.63, 3.8) is 0 Å². The van der Waals surface area contributed by atoms with E-state index in [-0.39, 0.29) is 30.8 Å². The Labute approximate surface area is 180 Å². The molecule has 30 heavy (non-hydrogen) atoms. The van der Waals surface area contributed by atoms with E-state index in [1.54, 1.807) is 30.3 Å². The number of fused-ring (bicyclic) bond motifs is 1. The third-order valence-corrected chi connectivity index (χ3v) is 7.08. The number of benzene rings is 2. The molecule has 2 aromatic rings. The van der Waals surface area contributed by atoms with E-state index in [0.29, 0.717) is 5.02 Å². The molecule has 1 heterocycles. The Morgan fingerprint density at radius 2 is 1.53 bits per heavy atom. The number of hydrogen-bond acceptors (Lipinski definition) is 7. The molecule has 0 aromatic heterocycles. The van der Waals surface area contributed by atoms with Crippen LogP contribution >= 0.6 is 11.6 Å². The zero-order valence-corrected chi connectivity index (χ0v) is 18.2. The summed E-state index contributed by atoms with van der Waals surface area (Å²) in [5.41, 5.74) is 0. The van der Waals surface area contributed by atoms with Crippen LogP contribution in [0.25, 0.3) is 10.8 Å². The highest BCUT2D eigenvalue weighted by molar-refractivity contribution is 7.89. The van der Waals surface area contributed by atoms with Crippen LogP contribution in [0.15, 0.2) is 41.3 Å². The Kier molecular flexibility index (Phi) is 6.97. The highest BCUT2D eigenvalue weighted by Crippen LogP contribution is 2.26. The maximum absolute atomic E-state index is 13.3. The first-order valence-corrected chi connectivity index (χ1v) is 11.1. The summed E-state index contributed by atoms with van der Waals surface area (Å²) in [5, 5.41) is 5.29. The fourth-order valence-corrected chi connectivity index (χ4v) is 5.27. The van der Waals surface area contributed by atoms with E-state index in [9.17, 15) is 18.0 Å². The lowest BCUT2D eigenvalue weighted by Crippen LogP contribution is -2.58. The molecule has 10 heteroatoms. The monoisotopic (exact) mass is 454 g/mol. The third-order valence-electron chi connectivity index (χ3n) is 5.01. The van der Waals surface area contributed by atoms with Gasteiger partial charge in [-0.1, -0.05) is 23.7 Å².